The van der Waals surface area contributed by atoms with Gasteiger partial charge in [-0.1, -0.05) is 0 Å². The number of alkyl halides is 9. The molecule has 5 N–H and O–H groups in total. The zero-order valence-electron chi connectivity index (χ0n) is 28.4. The molecule has 2 saturated heterocycles. The van der Waals surface area contributed by atoms with Crippen molar-refractivity contribution >= 4 is 60.4 Å². The number of benzene rings is 3. The number of aromatic nitrogens is 6. The molecule has 5 heterocycles. The van der Waals surface area contributed by atoms with Gasteiger partial charge >= 0.3 is 28.7 Å². The van der Waals surface area contributed by atoms with E-state index in [9.17, 15) is 58.0 Å². The van der Waals surface area contributed by atoms with E-state index in [1.807, 2.05) is 11.2 Å². The normalized spacial score (nSPS) is 17.4. The van der Waals surface area contributed by atoms with Crippen molar-refractivity contribution in [2.75, 3.05) is 36.2 Å². The van der Waals surface area contributed by atoms with Crippen LogP contribution in [0.15, 0.2) is 54.6 Å². The molecule has 1 atom stereocenters. The van der Waals surface area contributed by atoms with E-state index in [1.54, 1.807) is 0 Å². The van der Waals surface area contributed by atoms with Gasteiger partial charge in [-0.25, -0.2) is 15.0 Å². The van der Waals surface area contributed by atoms with Gasteiger partial charge in [-0.15, -0.1) is 0 Å². The SMILES string of the molecule is N#CN1CC[C@@H](N2CCN(c3ccc4nc(C(F)(F)F)[nH]c4c3)S2(=O)=O)C1.Nc1ccc2nc(C(F)(F)F)[nH]c2c1.O=[N+]([O-])c1ccc2nc(C(F)(F)F)[nH]c2c1. The monoisotopic (exact) mass is 832 g/mol. The number of nitriles is 1. The molecule has 302 valence electrons. The number of halogens is 9. The van der Waals surface area contributed by atoms with Crippen LogP contribution in [-0.4, -0.2) is 84.7 Å². The number of H-pyrrole nitrogens is 3. The van der Waals surface area contributed by atoms with Crippen molar-refractivity contribution in [1.82, 2.24) is 39.1 Å². The molecule has 0 saturated carbocycles. The number of fused-ring (bicyclic) bond motifs is 3. The zero-order chi connectivity index (χ0) is 41.7. The second kappa shape index (κ2) is 14.6. The highest BCUT2D eigenvalue weighted by Crippen LogP contribution is 2.34. The average Bonchev–Trinajstić information content (AvgIpc) is 3.95. The molecule has 0 bridgehead atoms. The quantitative estimate of drug-likeness (QED) is 0.0523. The molecule has 2 fully saturated rings. The van der Waals surface area contributed by atoms with Crippen LogP contribution in [0, 0.1) is 21.6 Å². The Balaban J connectivity index is 0.000000156. The van der Waals surface area contributed by atoms with E-state index in [0.29, 0.717) is 25.2 Å². The van der Waals surface area contributed by atoms with Crippen LogP contribution in [0.3, 0.4) is 0 Å². The largest absolute Gasteiger partial charge is 0.449 e. The zero-order valence-corrected chi connectivity index (χ0v) is 29.2. The summed E-state index contributed by atoms with van der Waals surface area (Å²) in [4.78, 5) is 27.7. The molecule has 6 aromatic rings. The molecule has 3 aromatic heterocycles. The fraction of sp³-hybridized carbons (Fsp3) is 0.290. The molecular weight excluding hydrogens is 807 g/mol. The summed E-state index contributed by atoms with van der Waals surface area (Å²) in [5.74, 6) is -3.29. The second-order valence-corrected chi connectivity index (χ2v) is 14.2. The van der Waals surface area contributed by atoms with Gasteiger partial charge in [0.15, 0.2) is 6.19 Å². The summed E-state index contributed by atoms with van der Waals surface area (Å²) >= 11 is 0. The predicted octanol–water partition coefficient (Wildman–Crippen LogP) is 6.16. The van der Waals surface area contributed by atoms with E-state index in [-0.39, 0.29) is 63.6 Å². The highest BCUT2D eigenvalue weighted by atomic mass is 32.2. The number of nitro benzene ring substituents is 1. The first kappa shape index (κ1) is 40.3. The molecule has 2 aliphatic rings. The van der Waals surface area contributed by atoms with Crippen LogP contribution >= 0.6 is 0 Å². The lowest BCUT2D eigenvalue weighted by Gasteiger charge is -2.24. The van der Waals surface area contributed by atoms with Crippen molar-refractivity contribution in [1.29, 1.82) is 5.26 Å². The number of nitrogen functional groups attached to an aromatic ring is 1. The number of non-ortho nitro benzene ring substituents is 1. The first-order valence-electron chi connectivity index (χ1n) is 16.1. The van der Waals surface area contributed by atoms with E-state index in [4.69, 9.17) is 11.0 Å². The van der Waals surface area contributed by atoms with Gasteiger partial charge in [0.25, 0.3) is 5.69 Å². The van der Waals surface area contributed by atoms with Crippen molar-refractivity contribution in [3.8, 4) is 6.19 Å². The maximum absolute atomic E-state index is 12.9. The lowest BCUT2D eigenvalue weighted by molar-refractivity contribution is -0.384. The summed E-state index contributed by atoms with van der Waals surface area (Å²) < 4.78 is 140. The maximum Gasteiger partial charge on any atom is 0.449 e. The number of nitrogens with zero attached hydrogens (tertiary/aromatic N) is 8. The fourth-order valence-electron chi connectivity index (χ4n) is 5.94. The predicted molar refractivity (Wildman–Crippen MR) is 183 cm³/mol. The standard InChI is InChI=1S/C15H15F3N6O2S.C8H4F3N3O2.C8H6F3N3/c16-15(17,18)14-20-12-2-1-10(7-13(12)21-14)23-5-6-24(27(23,25)26)11-3-4-22(8-11)9-19;9-8(10,11)7-12-5-2-1-4(14(15)16)3-6(5)13-7;9-8(10,11)7-13-5-2-1-4(12)3-6(5)14-7/h1-2,7,11H,3-6,8H2,(H,20,21);1-3H,(H,12,13);1-3H,12H2,(H,13,14)/t11-;;/m1../s1. The van der Waals surface area contributed by atoms with Gasteiger partial charge in [-0.05, 0) is 48.9 Å². The molecule has 57 heavy (non-hydrogen) atoms. The van der Waals surface area contributed by atoms with Crippen LogP contribution in [0.5, 0.6) is 0 Å². The van der Waals surface area contributed by atoms with E-state index in [1.165, 1.54) is 56.0 Å². The van der Waals surface area contributed by atoms with Crippen LogP contribution in [0.2, 0.25) is 0 Å². The summed E-state index contributed by atoms with van der Waals surface area (Å²) in [6.45, 7) is 1.31. The van der Waals surface area contributed by atoms with Gasteiger partial charge in [-0.3, -0.25) is 14.4 Å². The highest BCUT2D eigenvalue weighted by molar-refractivity contribution is 7.90. The number of nitro groups is 1. The van der Waals surface area contributed by atoms with Gasteiger partial charge in [0.1, 0.15) is 0 Å². The molecule has 0 amide bonds. The number of rotatable bonds is 3. The van der Waals surface area contributed by atoms with Gasteiger partial charge < -0.3 is 25.6 Å². The Kier molecular flexibility index (Phi) is 10.3. The molecule has 0 radical (unpaired) electrons. The molecule has 2 aliphatic heterocycles. The topological polar surface area (TPSA) is 223 Å². The van der Waals surface area contributed by atoms with Gasteiger partial charge in [0, 0.05) is 50.0 Å². The van der Waals surface area contributed by atoms with Crippen LogP contribution < -0.4 is 10.0 Å². The molecule has 26 heteroatoms. The minimum absolute atomic E-state index is 0.0125. The minimum atomic E-state index is -4.61. The van der Waals surface area contributed by atoms with Gasteiger partial charge in [0.2, 0.25) is 17.5 Å². The van der Waals surface area contributed by atoms with E-state index < -0.39 is 51.1 Å². The lowest BCUT2D eigenvalue weighted by Crippen LogP contribution is -2.41. The van der Waals surface area contributed by atoms with E-state index >= 15 is 0 Å². The molecule has 0 spiro atoms. The summed E-state index contributed by atoms with van der Waals surface area (Å²) in [7, 11) is -3.81. The molecule has 0 unspecified atom stereocenters. The molecule has 8 rings (SSSR count). The maximum atomic E-state index is 12.9. The number of hydrogen-bond acceptors (Lipinski definition) is 10. The summed E-state index contributed by atoms with van der Waals surface area (Å²) in [6.07, 6.45) is -11.1. The van der Waals surface area contributed by atoms with E-state index in [0.717, 1.165) is 12.1 Å². The smallest absolute Gasteiger partial charge is 0.399 e. The van der Waals surface area contributed by atoms with Crippen molar-refractivity contribution in [2.45, 2.75) is 31.0 Å². The minimum Gasteiger partial charge on any atom is -0.399 e. The van der Waals surface area contributed by atoms with Crippen molar-refractivity contribution in [2.24, 2.45) is 0 Å². The van der Waals surface area contributed by atoms with Crippen molar-refractivity contribution in [3.05, 3.63) is 82.2 Å². The first-order valence-corrected chi connectivity index (χ1v) is 17.5. The Morgan fingerprint density at radius 2 is 1.25 bits per heavy atom. The number of nitrogens with one attached hydrogen (secondary N) is 3. The summed E-state index contributed by atoms with van der Waals surface area (Å²) in [5.41, 5.74) is 6.60. The Bertz CT molecular complexity index is 2610. The number of aromatic amines is 3. The number of anilines is 2. The fourth-order valence-corrected chi connectivity index (χ4v) is 7.75. The first-order chi connectivity index (χ1) is 26.5. The Labute approximate surface area is 313 Å². The Morgan fingerprint density at radius 1 is 0.754 bits per heavy atom. The van der Waals surface area contributed by atoms with Crippen molar-refractivity contribution < 1.29 is 52.9 Å². The van der Waals surface area contributed by atoms with E-state index in [2.05, 4.69) is 24.9 Å². The third-order valence-corrected chi connectivity index (χ3v) is 10.6. The van der Waals surface area contributed by atoms with Crippen LogP contribution in [-0.2, 0) is 28.7 Å². The second-order valence-electron chi connectivity index (χ2n) is 12.4. The Hall–Kier alpha value is -6.36. The molecule has 16 nitrogen and oxygen atoms in total. The lowest BCUT2D eigenvalue weighted by atomic mass is 10.2. The number of likely N-dealkylation sites (tertiary alicyclic amines) is 1. The van der Waals surface area contributed by atoms with Crippen molar-refractivity contribution in [3.63, 3.8) is 0 Å². The molecule has 0 aliphatic carbocycles. The number of hydrogen-bond donors (Lipinski definition) is 4. The van der Waals surface area contributed by atoms with Crippen LogP contribution in [0.25, 0.3) is 33.1 Å². The summed E-state index contributed by atoms with van der Waals surface area (Å²) in [5, 5.41) is 19.4. The van der Waals surface area contributed by atoms with Crippen LogP contribution in [0.1, 0.15) is 23.9 Å². The summed E-state index contributed by atoms with van der Waals surface area (Å²) in [6, 6.07) is 11.5. The van der Waals surface area contributed by atoms with Crippen LogP contribution in [0.4, 0.5) is 56.6 Å². The Morgan fingerprint density at radius 3 is 1.74 bits per heavy atom. The third kappa shape index (κ3) is 8.57. The van der Waals surface area contributed by atoms with Gasteiger partial charge in [-0.2, -0.15) is 57.5 Å². The molecule has 3 aromatic carbocycles. The highest BCUT2D eigenvalue weighted by Gasteiger charge is 2.43. The average molecular weight is 833 g/mol. The number of imidazole rings is 3. The van der Waals surface area contributed by atoms with Gasteiger partial charge in [0.05, 0.1) is 43.7 Å². The molecular formula is C31H25F9N12O4S. The third-order valence-electron chi connectivity index (χ3n) is 8.55. The number of nitrogens with two attached hydrogens (primary N) is 1.